The van der Waals surface area contributed by atoms with Crippen molar-refractivity contribution in [1.29, 1.82) is 0 Å². The van der Waals surface area contributed by atoms with Gasteiger partial charge in [0.1, 0.15) is 0 Å². The van der Waals surface area contributed by atoms with Crippen molar-refractivity contribution >= 4 is 0 Å². The molecule has 61 valence electrons. The van der Waals surface area contributed by atoms with Crippen LogP contribution in [0.1, 0.15) is 5.56 Å². The summed E-state index contributed by atoms with van der Waals surface area (Å²) in [6, 6.07) is 10.4. The maximum atomic E-state index is 4.25. The number of benzene rings is 1. The van der Waals surface area contributed by atoms with Gasteiger partial charge in [-0.15, -0.1) is 5.43 Å². The fraction of sp³-hybridized carbons (Fsp3) is 0.200. The molecular formula is C10H11N2. The molecule has 0 aliphatic carbocycles. The molecule has 1 aliphatic rings. The summed E-state index contributed by atoms with van der Waals surface area (Å²) in [5, 5.41) is 1.97. The summed E-state index contributed by atoms with van der Waals surface area (Å²) in [7, 11) is 0. The Hall–Kier alpha value is -1.28. The first kappa shape index (κ1) is 7.37. The maximum Gasteiger partial charge on any atom is 0.0604 e. The molecule has 0 spiro atoms. The van der Waals surface area contributed by atoms with E-state index in [4.69, 9.17) is 0 Å². The lowest BCUT2D eigenvalue weighted by atomic mass is 10.2. The van der Waals surface area contributed by atoms with Gasteiger partial charge < -0.3 is 0 Å². The first-order valence-electron chi connectivity index (χ1n) is 4.10. The highest BCUT2D eigenvalue weighted by atomic mass is 15.5. The lowest BCUT2D eigenvalue weighted by Crippen LogP contribution is -2.21. The highest BCUT2D eigenvalue weighted by molar-refractivity contribution is 5.15. The largest absolute Gasteiger partial charge is 0.294 e. The predicted octanol–water partition coefficient (Wildman–Crippen LogP) is 1.54. The van der Waals surface area contributed by atoms with Crippen molar-refractivity contribution in [3.05, 3.63) is 48.2 Å². The van der Waals surface area contributed by atoms with Crippen LogP contribution in [0, 0.1) is 0 Å². The summed E-state index contributed by atoms with van der Waals surface area (Å²) in [6.07, 6.45) is 4.08. The third-order valence-electron chi connectivity index (χ3n) is 1.83. The Labute approximate surface area is 72.5 Å². The normalized spacial score (nSPS) is 15.5. The molecule has 0 amide bonds. The molecule has 0 bridgehead atoms. The number of nitrogens with zero attached hydrogens (tertiary/aromatic N) is 2. The van der Waals surface area contributed by atoms with Crippen molar-refractivity contribution in [3.8, 4) is 0 Å². The molecule has 2 rings (SSSR count). The van der Waals surface area contributed by atoms with Gasteiger partial charge in [0.2, 0.25) is 0 Å². The van der Waals surface area contributed by atoms with Gasteiger partial charge in [0.25, 0.3) is 0 Å². The van der Waals surface area contributed by atoms with Crippen LogP contribution in [0.2, 0.25) is 0 Å². The highest BCUT2D eigenvalue weighted by Crippen LogP contribution is 2.05. The Bertz CT molecular complexity index is 266. The highest BCUT2D eigenvalue weighted by Gasteiger charge is 2.04. The Morgan fingerprint density at radius 2 is 2.08 bits per heavy atom. The number of hydrogen-bond donors (Lipinski definition) is 0. The van der Waals surface area contributed by atoms with Crippen LogP contribution in [-0.2, 0) is 6.54 Å². The molecule has 1 heterocycles. The van der Waals surface area contributed by atoms with Crippen molar-refractivity contribution in [2.24, 2.45) is 0 Å². The molecule has 0 N–H and O–H groups in total. The van der Waals surface area contributed by atoms with Crippen LogP contribution < -0.4 is 5.43 Å². The lowest BCUT2D eigenvalue weighted by molar-refractivity contribution is 0.289. The van der Waals surface area contributed by atoms with E-state index >= 15 is 0 Å². The monoisotopic (exact) mass is 159 g/mol. The van der Waals surface area contributed by atoms with Crippen molar-refractivity contribution in [2.75, 3.05) is 6.54 Å². The molecule has 1 aromatic rings. The number of rotatable bonds is 2. The zero-order valence-electron chi connectivity index (χ0n) is 6.85. The van der Waals surface area contributed by atoms with E-state index in [1.165, 1.54) is 5.56 Å². The van der Waals surface area contributed by atoms with Crippen molar-refractivity contribution in [1.82, 2.24) is 10.4 Å². The van der Waals surface area contributed by atoms with E-state index in [0.29, 0.717) is 0 Å². The van der Waals surface area contributed by atoms with E-state index in [-0.39, 0.29) is 0 Å². The second-order valence-electron chi connectivity index (χ2n) is 2.79. The van der Waals surface area contributed by atoms with Gasteiger partial charge in [-0.05, 0) is 11.6 Å². The average Bonchev–Trinajstić information content (AvgIpc) is 2.59. The van der Waals surface area contributed by atoms with Crippen molar-refractivity contribution in [3.63, 3.8) is 0 Å². The fourth-order valence-corrected chi connectivity index (χ4v) is 1.24. The van der Waals surface area contributed by atoms with Crippen molar-refractivity contribution < 1.29 is 0 Å². The molecular weight excluding hydrogens is 148 g/mol. The first-order valence-corrected chi connectivity index (χ1v) is 4.10. The molecule has 2 heteroatoms. The predicted molar refractivity (Wildman–Crippen MR) is 48.1 cm³/mol. The van der Waals surface area contributed by atoms with Crippen molar-refractivity contribution in [2.45, 2.75) is 6.54 Å². The number of hydrogen-bond acceptors (Lipinski definition) is 1. The topological polar surface area (TPSA) is 17.3 Å². The minimum atomic E-state index is 0.826. The minimum absolute atomic E-state index is 0.826. The van der Waals surface area contributed by atoms with Gasteiger partial charge in [0.05, 0.1) is 13.1 Å². The first-order chi connectivity index (χ1) is 5.95. The van der Waals surface area contributed by atoms with Crippen LogP contribution in [0.15, 0.2) is 42.6 Å². The summed E-state index contributed by atoms with van der Waals surface area (Å²) in [6.45, 7) is 1.71. The third-order valence-corrected chi connectivity index (χ3v) is 1.83. The molecule has 0 aromatic heterocycles. The van der Waals surface area contributed by atoms with E-state index < -0.39 is 0 Å². The zero-order valence-corrected chi connectivity index (χ0v) is 6.85. The van der Waals surface area contributed by atoms with Gasteiger partial charge in [0, 0.05) is 6.20 Å². The minimum Gasteiger partial charge on any atom is -0.294 e. The van der Waals surface area contributed by atoms with Gasteiger partial charge in [-0.1, -0.05) is 30.3 Å². The van der Waals surface area contributed by atoms with Crippen LogP contribution in [0.5, 0.6) is 0 Å². The van der Waals surface area contributed by atoms with Crippen LogP contribution in [-0.4, -0.2) is 11.6 Å². The van der Waals surface area contributed by atoms with Gasteiger partial charge in [-0.2, -0.15) is 0 Å². The van der Waals surface area contributed by atoms with E-state index in [0.717, 1.165) is 13.1 Å². The van der Waals surface area contributed by atoms with Gasteiger partial charge in [-0.25, -0.2) is 0 Å². The second kappa shape index (κ2) is 3.41. The standard InChI is InChI=1S/C10H11N2/c1-2-5-10(6-3-1)9-12-8-4-7-11-12/h1-6,8H,7,9H2. The van der Waals surface area contributed by atoms with Crippen LogP contribution in [0.4, 0.5) is 0 Å². The summed E-state index contributed by atoms with van der Waals surface area (Å²) in [5.41, 5.74) is 5.55. The average molecular weight is 159 g/mol. The Morgan fingerprint density at radius 3 is 2.75 bits per heavy atom. The SMILES string of the molecule is C1=CN(Cc2ccccc2)[N]C1. The van der Waals surface area contributed by atoms with Crippen LogP contribution >= 0.6 is 0 Å². The van der Waals surface area contributed by atoms with E-state index in [1.807, 2.05) is 17.3 Å². The molecule has 2 nitrogen and oxygen atoms in total. The quantitative estimate of drug-likeness (QED) is 0.639. The summed E-state index contributed by atoms with van der Waals surface area (Å²) in [4.78, 5) is 0. The summed E-state index contributed by atoms with van der Waals surface area (Å²) < 4.78 is 0. The second-order valence-corrected chi connectivity index (χ2v) is 2.79. The smallest absolute Gasteiger partial charge is 0.0604 e. The van der Waals surface area contributed by atoms with E-state index in [1.54, 1.807) is 0 Å². The Balaban J connectivity index is 1.99. The molecule has 12 heavy (non-hydrogen) atoms. The molecule has 1 radical (unpaired) electrons. The Kier molecular flexibility index (Phi) is 2.10. The van der Waals surface area contributed by atoms with E-state index in [2.05, 4.69) is 35.8 Å². The van der Waals surface area contributed by atoms with Gasteiger partial charge in [0.15, 0.2) is 0 Å². The molecule has 1 aliphatic heterocycles. The molecule has 0 fully saturated rings. The molecule has 0 atom stereocenters. The molecule has 0 unspecified atom stereocenters. The lowest BCUT2D eigenvalue weighted by Gasteiger charge is -2.13. The fourth-order valence-electron chi connectivity index (χ4n) is 1.24. The Morgan fingerprint density at radius 1 is 1.25 bits per heavy atom. The summed E-state index contributed by atoms with van der Waals surface area (Å²) in [5.74, 6) is 0. The van der Waals surface area contributed by atoms with Gasteiger partial charge in [-0.3, -0.25) is 5.01 Å². The zero-order chi connectivity index (χ0) is 8.23. The maximum absolute atomic E-state index is 4.25. The molecule has 1 aromatic carbocycles. The summed E-state index contributed by atoms with van der Waals surface area (Å²) >= 11 is 0. The van der Waals surface area contributed by atoms with Gasteiger partial charge >= 0.3 is 0 Å². The van der Waals surface area contributed by atoms with Crippen LogP contribution in [0.3, 0.4) is 0 Å². The van der Waals surface area contributed by atoms with Crippen LogP contribution in [0.25, 0.3) is 0 Å². The molecule has 0 saturated carbocycles. The van der Waals surface area contributed by atoms with E-state index in [9.17, 15) is 0 Å². The molecule has 0 saturated heterocycles. The third kappa shape index (κ3) is 1.66.